The van der Waals surface area contributed by atoms with Crippen molar-refractivity contribution in [2.24, 2.45) is 0 Å². The minimum absolute atomic E-state index is 0.0165. The van der Waals surface area contributed by atoms with Gasteiger partial charge in [0.2, 0.25) is 0 Å². The van der Waals surface area contributed by atoms with Gasteiger partial charge in [-0.2, -0.15) is 13.2 Å². The molecule has 0 radical (unpaired) electrons. The van der Waals surface area contributed by atoms with Crippen molar-refractivity contribution < 1.29 is 22.7 Å². The fourth-order valence-electron chi connectivity index (χ4n) is 1.67. The van der Waals surface area contributed by atoms with Crippen molar-refractivity contribution in [3.05, 3.63) is 23.8 Å². The number of rotatable bonds is 6. The highest BCUT2D eigenvalue weighted by Gasteiger charge is 2.25. The zero-order chi connectivity index (χ0) is 15.2. The van der Waals surface area contributed by atoms with Crippen LogP contribution in [0.1, 0.15) is 29.6 Å². The number of nitrogens with two attached hydrogens (primary N) is 1. The van der Waals surface area contributed by atoms with Crippen LogP contribution >= 0.6 is 0 Å². The van der Waals surface area contributed by atoms with Crippen molar-refractivity contribution in [2.45, 2.75) is 25.4 Å². The molecule has 0 saturated carbocycles. The monoisotopic (exact) mass is 290 g/mol. The quantitative estimate of drug-likeness (QED) is 0.625. The second-order valence-corrected chi connectivity index (χ2v) is 4.25. The molecule has 0 heterocycles. The number of carbonyl (C=O) groups is 1. The van der Waals surface area contributed by atoms with Crippen molar-refractivity contribution in [3.63, 3.8) is 0 Å². The summed E-state index contributed by atoms with van der Waals surface area (Å²) in [6.07, 6.45) is -4.75. The van der Waals surface area contributed by atoms with E-state index in [4.69, 9.17) is 10.5 Å². The Labute approximate surface area is 115 Å². The highest BCUT2D eigenvalue weighted by atomic mass is 19.4. The summed E-state index contributed by atoms with van der Waals surface area (Å²) in [6.45, 7) is 0.172. The van der Waals surface area contributed by atoms with Crippen molar-refractivity contribution in [1.29, 1.82) is 0 Å². The molecule has 4 nitrogen and oxygen atoms in total. The molecule has 3 N–H and O–H groups in total. The fourth-order valence-corrected chi connectivity index (χ4v) is 1.67. The van der Waals surface area contributed by atoms with E-state index in [1.165, 1.54) is 13.2 Å². The van der Waals surface area contributed by atoms with Gasteiger partial charge in [-0.1, -0.05) is 6.07 Å². The van der Waals surface area contributed by atoms with E-state index in [1.807, 2.05) is 0 Å². The first-order valence-corrected chi connectivity index (χ1v) is 6.12. The first-order valence-electron chi connectivity index (χ1n) is 6.12. The van der Waals surface area contributed by atoms with Crippen LogP contribution in [0.4, 0.5) is 18.9 Å². The number of nitrogen functional groups attached to an aromatic ring is 1. The number of methoxy groups -OCH3 is 1. The van der Waals surface area contributed by atoms with Crippen LogP contribution in [0.2, 0.25) is 0 Å². The number of alkyl halides is 3. The van der Waals surface area contributed by atoms with Crippen LogP contribution in [0.3, 0.4) is 0 Å². The number of unbranched alkanes of at least 4 members (excludes halogenated alkanes) is 1. The molecule has 0 fully saturated rings. The fraction of sp³-hybridized carbons (Fsp3) is 0.462. The van der Waals surface area contributed by atoms with Gasteiger partial charge in [0.25, 0.3) is 5.91 Å². The number of ether oxygens (including phenoxy) is 1. The SMILES string of the molecule is COc1cccc(C(=O)NCCCCC(F)(F)F)c1N. The second kappa shape index (κ2) is 7.02. The van der Waals surface area contributed by atoms with Gasteiger partial charge >= 0.3 is 6.18 Å². The van der Waals surface area contributed by atoms with Gasteiger partial charge in [-0.05, 0) is 25.0 Å². The van der Waals surface area contributed by atoms with Crippen molar-refractivity contribution >= 4 is 11.6 Å². The molecule has 112 valence electrons. The van der Waals surface area contributed by atoms with Gasteiger partial charge in [0.15, 0.2) is 0 Å². The summed E-state index contributed by atoms with van der Waals surface area (Å²) in [4.78, 5) is 11.8. The Morgan fingerprint density at radius 1 is 1.35 bits per heavy atom. The van der Waals surface area contributed by atoms with E-state index in [-0.39, 0.29) is 30.6 Å². The molecule has 0 atom stereocenters. The minimum Gasteiger partial charge on any atom is -0.495 e. The number of amides is 1. The number of anilines is 1. The lowest BCUT2D eigenvalue weighted by atomic mass is 10.1. The maximum Gasteiger partial charge on any atom is 0.389 e. The number of hydrogen-bond donors (Lipinski definition) is 2. The lowest BCUT2D eigenvalue weighted by Crippen LogP contribution is -2.25. The minimum atomic E-state index is -4.15. The van der Waals surface area contributed by atoms with Crippen molar-refractivity contribution in [1.82, 2.24) is 5.32 Å². The van der Waals surface area contributed by atoms with E-state index in [2.05, 4.69) is 5.32 Å². The molecule has 0 bridgehead atoms. The molecular formula is C13H17F3N2O2. The molecule has 0 aliphatic rings. The largest absolute Gasteiger partial charge is 0.495 e. The van der Waals surface area contributed by atoms with E-state index in [0.29, 0.717) is 5.75 Å². The van der Waals surface area contributed by atoms with E-state index in [9.17, 15) is 18.0 Å². The Morgan fingerprint density at radius 2 is 2.05 bits per heavy atom. The molecule has 1 aromatic rings. The van der Waals surface area contributed by atoms with Gasteiger partial charge in [0, 0.05) is 13.0 Å². The molecule has 0 aliphatic heterocycles. The highest BCUT2D eigenvalue weighted by Crippen LogP contribution is 2.24. The molecule has 20 heavy (non-hydrogen) atoms. The maximum atomic E-state index is 11.9. The third-order valence-electron chi connectivity index (χ3n) is 2.70. The van der Waals surface area contributed by atoms with Gasteiger partial charge in [-0.3, -0.25) is 4.79 Å². The molecule has 1 amide bonds. The van der Waals surface area contributed by atoms with Crippen molar-refractivity contribution in [3.8, 4) is 5.75 Å². The van der Waals surface area contributed by atoms with Gasteiger partial charge in [-0.15, -0.1) is 0 Å². The molecule has 7 heteroatoms. The van der Waals surface area contributed by atoms with Gasteiger partial charge < -0.3 is 15.8 Å². The maximum absolute atomic E-state index is 11.9. The average molecular weight is 290 g/mol. The zero-order valence-corrected chi connectivity index (χ0v) is 11.1. The summed E-state index contributed by atoms with van der Waals surface area (Å²) in [7, 11) is 1.44. The molecule has 0 unspecified atom stereocenters. The summed E-state index contributed by atoms with van der Waals surface area (Å²) in [5.41, 5.74) is 6.21. The standard InChI is InChI=1S/C13H17F3N2O2/c1-20-10-6-4-5-9(11(10)17)12(19)18-8-3-2-7-13(14,15)16/h4-6H,2-3,7-8,17H2,1H3,(H,18,19). The normalized spacial score (nSPS) is 11.2. The third kappa shape index (κ3) is 4.99. The Bertz CT molecular complexity index is 461. The van der Waals surface area contributed by atoms with Crippen LogP contribution in [0.5, 0.6) is 5.75 Å². The summed E-state index contributed by atoms with van der Waals surface area (Å²) in [6, 6.07) is 4.77. The van der Waals surface area contributed by atoms with Gasteiger partial charge in [-0.25, -0.2) is 0 Å². The van der Waals surface area contributed by atoms with E-state index < -0.39 is 18.5 Å². The predicted molar refractivity (Wildman–Crippen MR) is 69.6 cm³/mol. The highest BCUT2D eigenvalue weighted by molar-refractivity contribution is 6.00. The van der Waals surface area contributed by atoms with Crippen LogP contribution in [-0.4, -0.2) is 25.7 Å². The molecule has 0 spiro atoms. The van der Waals surface area contributed by atoms with Crippen LogP contribution in [0.25, 0.3) is 0 Å². The smallest absolute Gasteiger partial charge is 0.389 e. The Balaban J connectivity index is 2.44. The van der Waals surface area contributed by atoms with Crippen LogP contribution in [0.15, 0.2) is 18.2 Å². The van der Waals surface area contributed by atoms with Crippen molar-refractivity contribution in [2.75, 3.05) is 19.4 Å². The summed E-state index contributed by atoms with van der Waals surface area (Å²) >= 11 is 0. The summed E-state index contributed by atoms with van der Waals surface area (Å²) in [5.74, 6) is -0.0388. The average Bonchev–Trinajstić information content (AvgIpc) is 2.37. The number of benzene rings is 1. The van der Waals surface area contributed by atoms with Crippen LogP contribution < -0.4 is 15.8 Å². The molecular weight excluding hydrogens is 273 g/mol. The van der Waals surface area contributed by atoms with E-state index in [0.717, 1.165) is 0 Å². The third-order valence-corrected chi connectivity index (χ3v) is 2.70. The number of halogens is 3. The predicted octanol–water partition coefficient (Wildman–Crippen LogP) is 2.74. The second-order valence-electron chi connectivity index (χ2n) is 4.25. The number of para-hydroxylation sites is 1. The Morgan fingerprint density at radius 3 is 2.65 bits per heavy atom. The number of carbonyl (C=O) groups excluding carboxylic acids is 1. The molecule has 0 saturated heterocycles. The first-order chi connectivity index (χ1) is 9.35. The topological polar surface area (TPSA) is 64.3 Å². The zero-order valence-electron chi connectivity index (χ0n) is 11.1. The van der Waals surface area contributed by atoms with Crippen LogP contribution in [-0.2, 0) is 0 Å². The van der Waals surface area contributed by atoms with Gasteiger partial charge in [0.1, 0.15) is 5.75 Å². The first kappa shape index (κ1) is 16.1. The molecule has 1 rings (SSSR count). The molecule has 1 aromatic carbocycles. The lowest BCUT2D eigenvalue weighted by molar-refractivity contribution is -0.135. The number of hydrogen-bond acceptors (Lipinski definition) is 3. The Kier molecular flexibility index (Phi) is 5.66. The molecule has 0 aromatic heterocycles. The lowest BCUT2D eigenvalue weighted by Gasteiger charge is -2.10. The Hall–Kier alpha value is -1.92. The summed E-state index contributed by atoms with van der Waals surface area (Å²) < 4.78 is 40.8. The summed E-state index contributed by atoms with van der Waals surface area (Å²) in [5, 5.41) is 2.54. The van der Waals surface area contributed by atoms with E-state index in [1.54, 1.807) is 12.1 Å². The molecule has 0 aliphatic carbocycles. The van der Waals surface area contributed by atoms with E-state index >= 15 is 0 Å². The van der Waals surface area contributed by atoms with Gasteiger partial charge in [0.05, 0.1) is 18.4 Å². The van der Waals surface area contributed by atoms with Crippen LogP contribution in [0, 0.1) is 0 Å². The number of nitrogens with one attached hydrogen (secondary N) is 1.